The number of non-ortho nitro benzene ring substituents is 1. The first kappa shape index (κ1) is 13.6. The molecule has 6 heteroatoms. The molecule has 1 aromatic rings. The minimum absolute atomic E-state index is 0.0816. The lowest BCUT2D eigenvalue weighted by atomic mass is 10.2. The number of ether oxygens (including phenoxy) is 1. The minimum atomic E-state index is -0.373. The summed E-state index contributed by atoms with van der Waals surface area (Å²) in [7, 11) is 0. The predicted octanol–water partition coefficient (Wildman–Crippen LogP) is 1.79. The molecule has 0 atom stereocenters. The van der Waals surface area contributed by atoms with E-state index in [1.54, 1.807) is 6.07 Å². The van der Waals surface area contributed by atoms with Gasteiger partial charge < -0.3 is 15.0 Å². The van der Waals surface area contributed by atoms with Crippen molar-refractivity contribution in [2.75, 3.05) is 37.7 Å². The maximum atomic E-state index is 11.0. The summed E-state index contributed by atoms with van der Waals surface area (Å²) in [6.07, 6.45) is 1.03. The maximum absolute atomic E-state index is 11.0. The second kappa shape index (κ2) is 6.38. The van der Waals surface area contributed by atoms with Crippen molar-refractivity contribution in [2.24, 2.45) is 0 Å². The van der Waals surface area contributed by atoms with Crippen molar-refractivity contribution in [3.63, 3.8) is 0 Å². The summed E-state index contributed by atoms with van der Waals surface area (Å²) in [5.41, 5.74) is 0.944. The van der Waals surface area contributed by atoms with Crippen molar-refractivity contribution in [3.8, 4) is 5.75 Å². The van der Waals surface area contributed by atoms with Gasteiger partial charge in [0.2, 0.25) is 0 Å². The normalized spacial score (nSPS) is 15.9. The molecule has 0 aliphatic carbocycles. The monoisotopic (exact) mass is 265 g/mol. The standard InChI is InChI=1S/C13H19N3O3/c1-2-19-13-9-11(8-12(10-13)16(17)18)15-6-3-4-14-5-7-15/h8-10,14H,2-7H2,1H3. The maximum Gasteiger partial charge on any atom is 0.275 e. The lowest BCUT2D eigenvalue weighted by Crippen LogP contribution is -2.27. The molecule has 1 saturated heterocycles. The fraction of sp³-hybridized carbons (Fsp3) is 0.538. The van der Waals surface area contributed by atoms with E-state index in [9.17, 15) is 10.1 Å². The highest BCUT2D eigenvalue weighted by molar-refractivity contribution is 5.58. The number of rotatable bonds is 4. The van der Waals surface area contributed by atoms with Gasteiger partial charge in [0.1, 0.15) is 5.75 Å². The van der Waals surface area contributed by atoms with Crippen LogP contribution in [0.5, 0.6) is 5.75 Å². The van der Waals surface area contributed by atoms with Crippen molar-refractivity contribution in [2.45, 2.75) is 13.3 Å². The van der Waals surface area contributed by atoms with Gasteiger partial charge in [0.25, 0.3) is 5.69 Å². The smallest absolute Gasteiger partial charge is 0.275 e. The molecule has 104 valence electrons. The summed E-state index contributed by atoms with van der Waals surface area (Å²) in [6, 6.07) is 4.97. The van der Waals surface area contributed by atoms with Gasteiger partial charge in [-0.25, -0.2) is 0 Å². The molecule has 0 radical (unpaired) electrons. The Bertz CT molecular complexity index is 443. The number of benzene rings is 1. The number of hydrogen-bond donors (Lipinski definition) is 1. The number of nitro groups is 1. The second-order valence-corrected chi connectivity index (χ2v) is 4.47. The fourth-order valence-corrected chi connectivity index (χ4v) is 2.21. The molecule has 1 aromatic carbocycles. The number of nitro benzene ring substituents is 1. The molecule has 0 aromatic heterocycles. The van der Waals surface area contributed by atoms with Crippen LogP contribution in [0.2, 0.25) is 0 Å². The van der Waals surface area contributed by atoms with Crippen LogP contribution in [0, 0.1) is 10.1 Å². The van der Waals surface area contributed by atoms with Crippen LogP contribution in [0.3, 0.4) is 0 Å². The van der Waals surface area contributed by atoms with Gasteiger partial charge in [-0.15, -0.1) is 0 Å². The van der Waals surface area contributed by atoms with E-state index in [1.807, 2.05) is 13.0 Å². The van der Waals surface area contributed by atoms with Gasteiger partial charge >= 0.3 is 0 Å². The van der Waals surface area contributed by atoms with Gasteiger partial charge in [-0.2, -0.15) is 0 Å². The highest BCUT2D eigenvalue weighted by Crippen LogP contribution is 2.28. The Morgan fingerprint density at radius 2 is 2.21 bits per heavy atom. The van der Waals surface area contributed by atoms with Crippen molar-refractivity contribution < 1.29 is 9.66 Å². The Kier molecular flexibility index (Phi) is 4.57. The first-order valence-electron chi connectivity index (χ1n) is 6.58. The Balaban J connectivity index is 2.28. The largest absolute Gasteiger partial charge is 0.494 e. The lowest BCUT2D eigenvalue weighted by Gasteiger charge is -2.22. The van der Waals surface area contributed by atoms with Crippen molar-refractivity contribution in [3.05, 3.63) is 28.3 Å². The molecule has 0 amide bonds. The Morgan fingerprint density at radius 1 is 1.37 bits per heavy atom. The summed E-state index contributed by atoms with van der Waals surface area (Å²) in [6.45, 7) is 6.01. The zero-order valence-corrected chi connectivity index (χ0v) is 11.1. The summed E-state index contributed by atoms with van der Waals surface area (Å²) < 4.78 is 5.41. The van der Waals surface area contributed by atoms with Crippen LogP contribution in [0.4, 0.5) is 11.4 Å². The van der Waals surface area contributed by atoms with Gasteiger partial charge in [-0.05, 0) is 19.9 Å². The van der Waals surface area contributed by atoms with E-state index >= 15 is 0 Å². The third-order valence-electron chi connectivity index (χ3n) is 3.10. The molecule has 2 rings (SSSR count). The molecule has 1 heterocycles. The molecule has 1 N–H and O–H groups in total. The highest BCUT2D eigenvalue weighted by atomic mass is 16.6. The average Bonchev–Trinajstić information content (AvgIpc) is 2.67. The molecular formula is C13H19N3O3. The van der Waals surface area contributed by atoms with Crippen LogP contribution >= 0.6 is 0 Å². The summed E-state index contributed by atoms with van der Waals surface area (Å²) in [5, 5.41) is 14.3. The van der Waals surface area contributed by atoms with Gasteiger partial charge in [-0.3, -0.25) is 10.1 Å². The van der Waals surface area contributed by atoms with E-state index in [-0.39, 0.29) is 10.6 Å². The number of nitrogens with zero attached hydrogens (tertiary/aromatic N) is 2. The van der Waals surface area contributed by atoms with Crippen LogP contribution in [-0.4, -0.2) is 37.7 Å². The Morgan fingerprint density at radius 3 is 2.95 bits per heavy atom. The summed E-state index contributed by atoms with van der Waals surface area (Å²) in [4.78, 5) is 12.8. The first-order chi connectivity index (χ1) is 9.20. The first-order valence-corrected chi connectivity index (χ1v) is 6.58. The van der Waals surface area contributed by atoms with Gasteiger partial charge in [-0.1, -0.05) is 0 Å². The third-order valence-corrected chi connectivity index (χ3v) is 3.10. The van der Waals surface area contributed by atoms with E-state index < -0.39 is 0 Å². The number of hydrogen-bond acceptors (Lipinski definition) is 5. The molecule has 0 unspecified atom stereocenters. The van der Waals surface area contributed by atoms with Crippen LogP contribution in [-0.2, 0) is 0 Å². The van der Waals surface area contributed by atoms with Crippen LogP contribution < -0.4 is 15.0 Å². The lowest BCUT2D eigenvalue weighted by molar-refractivity contribution is -0.384. The molecule has 1 fully saturated rings. The summed E-state index contributed by atoms with van der Waals surface area (Å²) >= 11 is 0. The SMILES string of the molecule is CCOc1cc(N2CCCNCC2)cc([N+](=O)[O-])c1. The quantitative estimate of drug-likeness (QED) is 0.664. The Labute approximate surface area is 112 Å². The molecule has 0 bridgehead atoms. The van der Waals surface area contributed by atoms with Crippen molar-refractivity contribution >= 4 is 11.4 Å². The fourth-order valence-electron chi connectivity index (χ4n) is 2.21. The van der Waals surface area contributed by atoms with E-state index in [0.717, 1.165) is 38.3 Å². The topological polar surface area (TPSA) is 67.6 Å². The molecule has 0 spiro atoms. The molecular weight excluding hydrogens is 246 g/mol. The second-order valence-electron chi connectivity index (χ2n) is 4.47. The van der Waals surface area contributed by atoms with E-state index in [0.29, 0.717) is 12.4 Å². The van der Waals surface area contributed by atoms with Crippen LogP contribution in [0.15, 0.2) is 18.2 Å². The zero-order valence-electron chi connectivity index (χ0n) is 11.1. The molecule has 19 heavy (non-hydrogen) atoms. The molecule has 0 saturated carbocycles. The van der Waals surface area contributed by atoms with E-state index in [4.69, 9.17) is 4.74 Å². The molecule has 6 nitrogen and oxygen atoms in total. The minimum Gasteiger partial charge on any atom is -0.494 e. The summed E-state index contributed by atoms with van der Waals surface area (Å²) in [5.74, 6) is 0.559. The third kappa shape index (κ3) is 3.57. The highest BCUT2D eigenvalue weighted by Gasteiger charge is 2.16. The Hall–Kier alpha value is -1.82. The van der Waals surface area contributed by atoms with Gasteiger partial charge in [0.15, 0.2) is 0 Å². The average molecular weight is 265 g/mol. The van der Waals surface area contributed by atoms with E-state index in [1.165, 1.54) is 6.07 Å². The van der Waals surface area contributed by atoms with Gasteiger partial charge in [0, 0.05) is 37.5 Å². The zero-order chi connectivity index (χ0) is 13.7. The molecule has 1 aliphatic heterocycles. The predicted molar refractivity (Wildman–Crippen MR) is 74.0 cm³/mol. The van der Waals surface area contributed by atoms with Crippen LogP contribution in [0.1, 0.15) is 13.3 Å². The van der Waals surface area contributed by atoms with Crippen LogP contribution in [0.25, 0.3) is 0 Å². The van der Waals surface area contributed by atoms with Gasteiger partial charge in [0.05, 0.1) is 17.6 Å². The molecule has 1 aliphatic rings. The number of anilines is 1. The van der Waals surface area contributed by atoms with E-state index in [2.05, 4.69) is 10.2 Å². The number of nitrogens with one attached hydrogen (secondary N) is 1. The van der Waals surface area contributed by atoms with Crippen molar-refractivity contribution in [1.82, 2.24) is 5.32 Å². The van der Waals surface area contributed by atoms with Crippen molar-refractivity contribution in [1.29, 1.82) is 0 Å².